The molecular weight excluding hydrogens is 290 g/mol. The van der Waals surface area contributed by atoms with Crippen LogP contribution in [0.2, 0.25) is 0 Å². The molecule has 0 bridgehead atoms. The van der Waals surface area contributed by atoms with E-state index in [1.54, 1.807) is 17.4 Å². The smallest absolute Gasteiger partial charge is 0.371 e. The molecule has 0 amide bonds. The third-order valence-corrected chi connectivity index (χ3v) is 4.22. The fourth-order valence-electron chi connectivity index (χ4n) is 1.98. The number of anilines is 1. The van der Waals surface area contributed by atoms with Crippen molar-refractivity contribution in [2.75, 3.05) is 5.32 Å². The van der Waals surface area contributed by atoms with Gasteiger partial charge in [0.05, 0.1) is 11.9 Å². The maximum absolute atomic E-state index is 10.8. The van der Waals surface area contributed by atoms with Gasteiger partial charge in [0.25, 0.3) is 0 Å². The van der Waals surface area contributed by atoms with Crippen molar-refractivity contribution in [2.24, 2.45) is 0 Å². The van der Waals surface area contributed by atoms with E-state index < -0.39 is 5.97 Å². The number of aryl methyl sites for hydroxylation is 1. The highest BCUT2D eigenvalue weighted by atomic mass is 32.1. The number of nitrogens with zero attached hydrogens (tertiary/aromatic N) is 2. The number of nitrogens with one attached hydrogen (secondary N) is 1. The first-order valence-corrected chi connectivity index (χ1v) is 7.28. The normalized spacial score (nSPS) is 10.9. The Hall–Kier alpha value is -2.41. The van der Waals surface area contributed by atoms with Crippen molar-refractivity contribution in [3.63, 3.8) is 0 Å². The first-order chi connectivity index (χ1) is 10.2. The molecule has 0 aromatic carbocycles. The van der Waals surface area contributed by atoms with E-state index in [9.17, 15) is 4.79 Å². The summed E-state index contributed by atoms with van der Waals surface area (Å²) >= 11 is 1.65. The quantitative estimate of drug-likeness (QED) is 0.752. The first kappa shape index (κ1) is 13.6. The van der Waals surface area contributed by atoms with Crippen molar-refractivity contribution in [2.45, 2.75) is 19.9 Å². The number of aromatic nitrogens is 2. The summed E-state index contributed by atoms with van der Waals surface area (Å²) in [5.74, 6) is 0.133. The van der Waals surface area contributed by atoms with E-state index >= 15 is 0 Å². The van der Waals surface area contributed by atoms with Crippen LogP contribution in [0.25, 0.3) is 10.2 Å². The number of hydrogen-bond donors (Lipinski definition) is 2. The van der Waals surface area contributed by atoms with Crippen molar-refractivity contribution >= 4 is 33.3 Å². The molecule has 0 saturated carbocycles. The molecule has 0 fully saturated rings. The van der Waals surface area contributed by atoms with E-state index in [2.05, 4.69) is 28.3 Å². The molecule has 7 heteroatoms. The van der Waals surface area contributed by atoms with Crippen LogP contribution in [-0.2, 0) is 13.0 Å². The number of rotatable bonds is 5. The molecule has 108 valence electrons. The van der Waals surface area contributed by atoms with Gasteiger partial charge >= 0.3 is 5.97 Å². The second-order valence-corrected chi connectivity index (χ2v) is 5.55. The van der Waals surface area contributed by atoms with Gasteiger partial charge in [0.2, 0.25) is 5.76 Å². The number of thiophene rings is 1. The highest BCUT2D eigenvalue weighted by molar-refractivity contribution is 7.18. The molecule has 0 atom stereocenters. The summed E-state index contributed by atoms with van der Waals surface area (Å²) < 4.78 is 5.20. The average Bonchev–Trinajstić information content (AvgIpc) is 3.11. The van der Waals surface area contributed by atoms with E-state index in [4.69, 9.17) is 9.52 Å². The van der Waals surface area contributed by atoms with Gasteiger partial charge in [0.1, 0.15) is 22.7 Å². The van der Waals surface area contributed by atoms with Crippen LogP contribution in [0.3, 0.4) is 0 Å². The van der Waals surface area contributed by atoms with E-state index in [0.717, 1.165) is 22.5 Å². The summed E-state index contributed by atoms with van der Waals surface area (Å²) in [5, 5.41) is 13.0. The Morgan fingerprint density at radius 1 is 1.43 bits per heavy atom. The number of furan rings is 1. The van der Waals surface area contributed by atoms with Gasteiger partial charge in [-0.15, -0.1) is 11.3 Å². The lowest BCUT2D eigenvalue weighted by molar-refractivity contribution is 0.0660. The van der Waals surface area contributed by atoms with Crippen molar-refractivity contribution in [3.05, 3.63) is 40.9 Å². The molecule has 0 unspecified atom stereocenters. The Morgan fingerprint density at radius 2 is 2.29 bits per heavy atom. The molecular formula is C14H13N3O3S. The fourth-order valence-corrected chi connectivity index (χ4v) is 2.91. The fraction of sp³-hybridized carbons (Fsp3) is 0.214. The second-order valence-electron chi connectivity index (χ2n) is 4.43. The first-order valence-electron chi connectivity index (χ1n) is 6.46. The van der Waals surface area contributed by atoms with Crippen LogP contribution >= 0.6 is 11.3 Å². The lowest BCUT2D eigenvalue weighted by Gasteiger charge is -2.03. The maximum atomic E-state index is 10.8. The third-order valence-electron chi connectivity index (χ3n) is 3.03. The van der Waals surface area contributed by atoms with Gasteiger partial charge in [-0.2, -0.15) is 0 Å². The monoisotopic (exact) mass is 303 g/mol. The number of carboxylic acid groups (broad SMARTS) is 1. The average molecular weight is 303 g/mol. The highest BCUT2D eigenvalue weighted by Gasteiger charge is 2.11. The molecule has 0 radical (unpaired) electrons. The molecule has 0 saturated heterocycles. The summed E-state index contributed by atoms with van der Waals surface area (Å²) in [6.07, 6.45) is 2.48. The van der Waals surface area contributed by atoms with Crippen molar-refractivity contribution in [1.29, 1.82) is 0 Å². The molecule has 0 aliphatic carbocycles. The van der Waals surface area contributed by atoms with E-state index in [0.29, 0.717) is 12.3 Å². The number of carboxylic acids is 1. The molecule has 6 nitrogen and oxygen atoms in total. The zero-order valence-corrected chi connectivity index (χ0v) is 12.1. The van der Waals surface area contributed by atoms with Crippen LogP contribution < -0.4 is 5.32 Å². The predicted molar refractivity (Wildman–Crippen MR) is 79.8 cm³/mol. The standard InChI is InChI=1S/C14H13N3O3S/c1-2-9-5-10-12(16-7-17-13(10)21-9)15-6-8-3-4-11(20-8)14(18)19/h3-5,7H,2,6H2,1H3,(H,18,19)(H,15,16,17). The zero-order valence-electron chi connectivity index (χ0n) is 11.3. The summed E-state index contributed by atoms with van der Waals surface area (Å²) in [5.41, 5.74) is 0. The summed E-state index contributed by atoms with van der Waals surface area (Å²) in [7, 11) is 0. The van der Waals surface area contributed by atoms with Gasteiger partial charge in [-0.05, 0) is 24.6 Å². The highest BCUT2D eigenvalue weighted by Crippen LogP contribution is 2.28. The van der Waals surface area contributed by atoms with E-state index in [1.807, 2.05) is 0 Å². The van der Waals surface area contributed by atoms with Gasteiger partial charge in [-0.25, -0.2) is 14.8 Å². The van der Waals surface area contributed by atoms with Crippen LogP contribution in [0.5, 0.6) is 0 Å². The number of carbonyl (C=O) groups is 1. The molecule has 0 aliphatic rings. The Morgan fingerprint density at radius 3 is 3.00 bits per heavy atom. The van der Waals surface area contributed by atoms with Gasteiger partial charge in [0, 0.05) is 4.88 Å². The van der Waals surface area contributed by atoms with Crippen LogP contribution in [-0.4, -0.2) is 21.0 Å². The topological polar surface area (TPSA) is 88.2 Å². The lowest BCUT2D eigenvalue weighted by Crippen LogP contribution is -2.01. The number of fused-ring (bicyclic) bond motifs is 1. The van der Waals surface area contributed by atoms with Gasteiger partial charge in [-0.1, -0.05) is 6.92 Å². The van der Waals surface area contributed by atoms with Crippen molar-refractivity contribution < 1.29 is 14.3 Å². The zero-order chi connectivity index (χ0) is 14.8. The maximum Gasteiger partial charge on any atom is 0.371 e. The van der Waals surface area contributed by atoms with Crippen molar-refractivity contribution in [1.82, 2.24) is 9.97 Å². The van der Waals surface area contributed by atoms with Crippen LogP contribution in [0.1, 0.15) is 28.1 Å². The summed E-state index contributed by atoms with van der Waals surface area (Å²) in [4.78, 5) is 21.5. The molecule has 3 heterocycles. The van der Waals surface area contributed by atoms with E-state index in [-0.39, 0.29) is 5.76 Å². The van der Waals surface area contributed by atoms with Crippen LogP contribution in [0, 0.1) is 0 Å². The van der Waals surface area contributed by atoms with Gasteiger partial charge < -0.3 is 14.8 Å². The third kappa shape index (κ3) is 2.73. The predicted octanol–water partition coefficient (Wildman–Crippen LogP) is 3.16. The Labute approximate surface area is 124 Å². The van der Waals surface area contributed by atoms with Gasteiger partial charge in [-0.3, -0.25) is 0 Å². The summed E-state index contributed by atoms with van der Waals surface area (Å²) in [6.45, 7) is 2.47. The van der Waals surface area contributed by atoms with E-state index in [1.165, 1.54) is 17.3 Å². The van der Waals surface area contributed by atoms with Crippen LogP contribution in [0.4, 0.5) is 5.82 Å². The molecule has 21 heavy (non-hydrogen) atoms. The SMILES string of the molecule is CCc1cc2c(NCc3ccc(C(=O)O)o3)ncnc2s1. The Kier molecular flexibility index (Phi) is 3.57. The van der Waals surface area contributed by atoms with Gasteiger partial charge in [0.15, 0.2) is 0 Å². The van der Waals surface area contributed by atoms with Crippen molar-refractivity contribution in [3.8, 4) is 0 Å². The minimum Gasteiger partial charge on any atom is -0.475 e. The molecule has 3 aromatic heterocycles. The van der Waals surface area contributed by atoms with Crippen LogP contribution in [0.15, 0.2) is 28.9 Å². The minimum absolute atomic E-state index is 0.0663. The molecule has 3 rings (SSSR count). The molecule has 0 spiro atoms. The largest absolute Gasteiger partial charge is 0.475 e. The lowest BCUT2D eigenvalue weighted by atomic mass is 10.3. The summed E-state index contributed by atoms with van der Waals surface area (Å²) in [6, 6.07) is 5.15. The molecule has 3 aromatic rings. The number of hydrogen-bond acceptors (Lipinski definition) is 6. The number of aromatic carboxylic acids is 1. The molecule has 0 aliphatic heterocycles. The Balaban J connectivity index is 1.81. The molecule has 2 N–H and O–H groups in total. The minimum atomic E-state index is -1.07. The second kappa shape index (κ2) is 5.53. The Bertz CT molecular complexity index is 794.